The van der Waals surface area contributed by atoms with E-state index in [0.717, 1.165) is 41.1 Å². The van der Waals surface area contributed by atoms with Crippen LogP contribution in [0.1, 0.15) is 41.1 Å². The number of hydrogen-bond donors (Lipinski definition) is 1. The third-order valence-electron chi connectivity index (χ3n) is 6.21. The number of amides is 1. The Balaban J connectivity index is 1.29. The summed E-state index contributed by atoms with van der Waals surface area (Å²) in [5.74, 6) is 1.62. The lowest BCUT2D eigenvalue weighted by Crippen LogP contribution is -2.29. The highest BCUT2D eigenvalue weighted by Gasteiger charge is 2.19. The average Bonchev–Trinajstić information content (AvgIpc) is 3.25. The van der Waals surface area contributed by atoms with Crippen LogP contribution >= 0.6 is 0 Å². The fourth-order valence-corrected chi connectivity index (χ4v) is 4.46. The van der Waals surface area contributed by atoms with Gasteiger partial charge in [0.15, 0.2) is 0 Å². The average molecular weight is 464 g/mol. The molecule has 0 aliphatic rings. The van der Waals surface area contributed by atoms with Crippen molar-refractivity contribution >= 4 is 27.7 Å². The fourth-order valence-electron chi connectivity index (χ4n) is 4.46. The number of hydrogen-bond acceptors (Lipinski definition) is 3. The van der Waals surface area contributed by atoms with E-state index in [1.165, 1.54) is 10.8 Å². The molecular weight excluding hydrogens is 434 g/mol. The van der Waals surface area contributed by atoms with Gasteiger partial charge >= 0.3 is 0 Å². The first-order valence-electron chi connectivity index (χ1n) is 12.0. The second kappa shape index (κ2) is 10.0. The van der Waals surface area contributed by atoms with Gasteiger partial charge in [-0.05, 0) is 67.4 Å². The third-order valence-corrected chi connectivity index (χ3v) is 6.21. The molecule has 5 heteroatoms. The number of ether oxygens (including phenoxy) is 1. The maximum absolute atomic E-state index is 12.8. The number of para-hydroxylation sites is 2. The molecule has 1 aromatic heterocycles. The van der Waals surface area contributed by atoms with Crippen LogP contribution in [0.2, 0.25) is 0 Å². The SMILES string of the molecule is Cc1cccc(C(=O)NC(C)c2nc3ccccc3n2CCCOc2ccc3ccccc3c2)c1. The largest absolute Gasteiger partial charge is 0.494 e. The highest BCUT2D eigenvalue weighted by Crippen LogP contribution is 2.23. The van der Waals surface area contributed by atoms with Crippen molar-refractivity contribution in [3.05, 3.63) is 108 Å². The van der Waals surface area contributed by atoms with Crippen molar-refractivity contribution in [2.24, 2.45) is 0 Å². The molecule has 0 saturated heterocycles. The van der Waals surface area contributed by atoms with E-state index in [0.29, 0.717) is 12.2 Å². The molecule has 0 bridgehead atoms. The minimum absolute atomic E-state index is 0.0977. The lowest BCUT2D eigenvalue weighted by molar-refractivity contribution is 0.0937. The second-order valence-electron chi connectivity index (χ2n) is 8.89. The Morgan fingerprint density at radius 1 is 0.943 bits per heavy atom. The van der Waals surface area contributed by atoms with Crippen LogP contribution < -0.4 is 10.1 Å². The molecule has 4 aromatic carbocycles. The molecule has 0 fully saturated rings. The Kier molecular flexibility index (Phi) is 6.49. The number of aromatic nitrogens is 2. The van der Waals surface area contributed by atoms with Crippen LogP contribution in [0.15, 0.2) is 91.0 Å². The van der Waals surface area contributed by atoms with Crippen molar-refractivity contribution in [1.82, 2.24) is 14.9 Å². The summed E-state index contributed by atoms with van der Waals surface area (Å²) < 4.78 is 8.25. The summed E-state index contributed by atoms with van der Waals surface area (Å²) in [4.78, 5) is 17.7. The van der Waals surface area contributed by atoms with Crippen molar-refractivity contribution in [3.63, 3.8) is 0 Å². The molecule has 35 heavy (non-hydrogen) atoms. The quantitative estimate of drug-likeness (QED) is 0.269. The molecular formula is C30H29N3O2. The van der Waals surface area contributed by atoms with E-state index in [1.807, 2.05) is 74.5 Å². The molecule has 5 nitrogen and oxygen atoms in total. The molecule has 1 amide bonds. The number of carbonyl (C=O) groups is 1. The van der Waals surface area contributed by atoms with Gasteiger partial charge in [0.1, 0.15) is 11.6 Å². The van der Waals surface area contributed by atoms with Gasteiger partial charge in [-0.25, -0.2) is 4.98 Å². The van der Waals surface area contributed by atoms with Gasteiger partial charge in [-0.15, -0.1) is 0 Å². The summed E-state index contributed by atoms with van der Waals surface area (Å²) in [6.07, 6.45) is 0.818. The van der Waals surface area contributed by atoms with E-state index >= 15 is 0 Å². The Bertz CT molecular complexity index is 1490. The summed E-state index contributed by atoms with van der Waals surface area (Å²) in [6, 6.07) is 29.9. The second-order valence-corrected chi connectivity index (χ2v) is 8.89. The van der Waals surface area contributed by atoms with Crippen LogP contribution in [0.5, 0.6) is 5.75 Å². The predicted octanol–water partition coefficient (Wildman–Crippen LogP) is 6.46. The van der Waals surface area contributed by atoms with Gasteiger partial charge in [0.2, 0.25) is 0 Å². The van der Waals surface area contributed by atoms with Crippen molar-refractivity contribution in [2.45, 2.75) is 32.9 Å². The van der Waals surface area contributed by atoms with Crippen molar-refractivity contribution in [1.29, 1.82) is 0 Å². The van der Waals surface area contributed by atoms with Crippen LogP contribution in [0.4, 0.5) is 0 Å². The van der Waals surface area contributed by atoms with Crippen LogP contribution in [-0.4, -0.2) is 22.1 Å². The molecule has 0 saturated carbocycles. The highest BCUT2D eigenvalue weighted by atomic mass is 16.5. The van der Waals surface area contributed by atoms with Gasteiger partial charge in [0.05, 0.1) is 23.7 Å². The van der Waals surface area contributed by atoms with E-state index in [1.54, 1.807) is 0 Å². The summed E-state index contributed by atoms with van der Waals surface area (Å²) in [5.41, 5.74) is 3.70. The fraction of sp³-hybridized carbons (Fsp3) is 0.200. The third kappa shape index (κ3) is 5.04. The molecule has 176 valence electrons. The van der Waals surface area contributed by atoms with E-state index < -0.39 is 0 Å². The molecule has 5 aromatic rings. The van der Waals surface area contributed by atoms with E-state index in [9.17, 15) is 4.79 Å². The Hall–Kier alpha value is -4.12. The van der Waals surface area contributed by atoms with Gasteiger partial charge in [-0.1, -0.05) is 60.2 Å². The van der Waals surface area contributed by atoms with Crippen LogP contribution in [-0.2, 0) is 6.54 Å². The van der Waals surface area contributed by atoms with Gasteiger partial charge in [-0.3, -0.25) is 4.79 Å². The zero-order valence-corrected chi connectivity index (χ0v) is 20.1. The maximum Gasteiger partial charge on any atom is 0.251 e. The zero-order valence-electron chi connectivity index (χ0n) is 20.1. The number of rotatable bonds is 8. The number of nitrogens with one attached hydrogen (secondary N) is 1. The first kappa shape index (κ1) is 22.7. The number of carbonyl (C=O) groups excluding carboxylic acids is 1. The number of fused-ring (bicyclic) bond motifs is 2. The van der Waals surface area contributed by atoms with Gasteiger partial charge < -0.3 is 14.6 Å². The van der Waals surface area contributed by atoms with Gasteiger partial charge in [-0.2, -0.15) is 0 Å². The van der Waals surface area contributed by atoms with Crippen molar-refractivity contribution in [3.8, 4) is 5.75 Å². The summed E-state index contributed by atoms with van der Waals surface area (Å²) in [6.45, 7) is 5.30. The number of imidazole rings is 1. The minimum Gasteiger partial charge on any atom is -0.494 e. The normalized spacial score (nSPS) is 12.1. The van der Waals surface area contributed by atoms with Crippen molar-refractivity contribution < 1.29 is 9.53 Å². The Labute approximate surface area is 205 Å². The molecule has 1 N–H and O–H groups in total. The van der Waals surface area contributed by atoms with E-state index in [-0.39, 0.29) is 11.9 Å². The highest BCUT2D eigenvalue weighted by molar-refractivity contribution is 5.94. The molecule has 1 unspecified atom stereocenters. The molecule has 0 aliphatic carbocycles. The van der Waals surface area contributed by atoms with Gasteiger partial charge in [0.25, 0.3) is 5.91 Å². The Morgan fingerprint density at radius 3 is 2.60 bits per heavy atom. The van der Waals surface area contributed by atoms with Crippen LogP contribution in [0.25, 0.3) is 21.8 Å². The number of nitrogens with zero attached hydrogens (tertiary/aromatic N) is 2. The van der Waals surface area contributed by atoms with E-state index in [4.69, 9.17) is 9.72 Å². The smallest absolute Gasteiger partial charge is 0.251 e. The van der Waals surface area contributed by atoms with E-state index in [2.05, 4.69) is 40.2 Å². The Morgan fingerprint density at radius 2 is 1.74 bits per heavy atom. The zero-order chi connectivity index (χ0) is 24.2. The summed E-state index contributed by atoms with van der Waals surface area (Å²) >= 11 is 0. The van der Waals surface area contributed by atoms with Crippen molar-refractivity contribution in [2.75, 3.05) is 6.61 Å². The minimum atomic E-state index is -0.239. The predicted molar refractivity (Wildman–Crippen MR) is 141 cm³/mol. The summed E-state index contributed by atoms with van der Waals surface area (Å²) in [7, 11) is 0. The van der Waals surface area contributed by atoms with Crippen LogP contribution in [0.3, 0.4) is 0 Å². The first-order valence-corrected chi connectivity index (χ1v) is 12.0. The summed E-state index contributed by atoms with van der Waals surface area (Å²) in [5, 5.41) is 5.50. The lowest BCUT2D eigenvalue weighted by atomic mass is 10.1. The maximum atomic E-state index is 12.8. The molecule has 0 spiro atoms. The standard InChI is InChI=1S/C30H29N3O2/c1-21-9-7-12-25(19-21)30(34)31-22(2)29-32-27-13-5-6-14-28(27)33(29)17-8-18-35-26-16-15-23-10-3-4-11-24(23)20-26/h3-7,9-16,19-20,22H,8,17-18H2,1-2H3,(H,31,34). The molecule has 0 radical (unpaired) electrons. The molecule has 0 aliphatic heterocycles. The van der Waals surface area contributed by atoms with Gasteiger partial charge in [0, 0.05) is 12.1 Å². The molecule has 1 heterocycles. The monoisotopic (exact) mass is 463 g/mol. The topological polar surface area (TPSA) is 56.2 Å². The molecule has 5 rings (SSSR count). The molecule has 1 atom stereocenters. The number of aryl methyl sites for hydroxylation is 2. The number of benzene rings is 4. The lowest BCUT2D eigenvalue weighted by Gasteiger charge is -2.17. The first-order chi connectivity index (χ1) is 17.1. The van der Waals surface area contributed by atoms with Crippen LogP contribution in [0, 0.1) is 6.92 Å².